The molecular weight excluding hydrogens is 595 g/mol. The van der Waals surface area contributed by atoms with Crippen molar-refractivity contribution in [2.75, 3.05) is 0 Å². The van der Waals surface area contributed by atoms with Crippen molar-refractivity contribution < 1.29 is 66.0 Å². The minimum Gasteiger partial charge on any atom is -1.00 e. The van der Waals surface area contributed by atoms with Crippen LogP contribution >= 0.6 is 0 Å². The van der Waals surface area contributed by atoms with E-state index in [2.05, 4.69) is 72.8 Å². The molecule has 2 aliphatic rings. The molecule has 2 aromatic heterocycles. The summed E-state index contributed by atoms with van der Waals surface area (Å²) in [5, 5.41) is 0. The van der Waals surface area contributed by atoms with Crippen molar-refractivity contribution in [3.8, 4) is 0 Å². The molecule has 0 aliphatic heterocycles. The summed E-state index contributed by atoms with van der Waals surface area (Å²) in [5.74, 6) is 2.00. The molecule has 0 amide bonds. The van der Waals surface area contributed by atoms with Crippen LogP contribution in [-0.2, 0) is 23.2 Å². The third-order valence-electron chi connectivity index (χ3n) is 5.80. The fourth-order valence-electron chi connectivity index (χ4n) is 4.49. The first kappa shape index (κ1) is 22.5. The molecule has 0 N–H and O–H groups in total. The zero-order valence-corrected chi connectivity index (χ0v) is 22.1. The molecule has 2 heterocycles. The van der Waals surface area contributed by atoms with E-state index in [9.17, 15) is 0 Å². The van der Waals surface area contributed by atoms with Gasteiger partial charge >= 0.3 is 182 Å². The fraction of sp³-hybridized carbons (Fsp3) is 0.0769. The van der Waals surface area contributed by atoms with Crippen LogP contribution in [0.25, 0.3) is 23.3 Å². The minimum absolute atomic E-state index is 0. The molecule has 6 rings (SSSR count). The molecule has 2 aliphatic carbocycles. The maximum Gasteiger partial charge on any atom is -1.00 e. The molecule has 0 saturated heterocycles. The first-order valence-corrected chi connectivity index (χ1v) is 12.7. The Labute approximate surface area is 214 Å². The monoisotopic (exact) mass is 610 g/mol. The summed E-state index contributed by atoms with van der Waals surface area (Å²) in [7, 11) is 0. The van der Waals surface area contributed by atoms with Crippen LogP contribution in [0, 0.1) is 0 Å². The first-order valence-electron chi connectivity index (χ1n) is 9.83. The summed E-state index contributed by atoms with van der Waals surface area (Å²) < 4.78 is 12.6. The largest absolute Gasteiger partial charge is 1.00 e. The average Bonchev–Trinajstić information content (AvgIpc) is 3.55. The van der Waals surface area contributed by atoms with Crippen LogP contribution in [0.5, 0.6) is 0 Å². The van der Waals surface area contributed by atoms with Crippen LogP contribution in [0.15, 0.2) is 94.2 Å². The zero-order chi connectivity index (χ0) is 19.2. The summed E-state index contributed by atoms with van der Waals surface area (Å²) in [4.78, 5) is 0. The molecule has 0 bridgehead atoms. The van der Waals surface area contributed by atoms with E-state index in [0.717, 1.165) is 11.5 Å². The van der Waals surface area contributed by atoms with Gasteiger partial charge in [-0.15, -0.1) is 0 Å². The Hall–Kier alpha value is -1.68. The molecule has 0 spiro atoms. The molecule has 4 aromatic rings. The summed E-state index contributed by atoms with van der Waals surface area (Å²) >= 11 is -1.01. The fourth-order valence-corrected chi connectivity index (χ4v) is 9.47. The predicted octanol–water partition coefficient (Wildman–Crippen LogP) is 0.854. The van der Waals surface area contributed by atoms with E-state index in [-0.39, 0.29) is 34.0 Å². The van der Waals surface area contributed by atoms with Crippen molar-refractivity contribution in [1.82, 2.24) is 0 Å². The Morgan fingerprint density at radius 2 is 1.00 bits per heavy atom. The van der Waals surface area contributed by atoms with E-state index in [1.165, 1.54) is 33.4 Å². The van der Waals surface area contributed by atoms with E-state index in [4.69, 9.17) is 8.83 Å². The van der Waals surface area contributed by atoms with Gasteiger partial charge in [0.25, 0.3) is 0 Å². The molecular formula is C26H18Br2O2Zr. The van der Waals surface area contributed by atoms with Crippen LogP contribution in [0.4, 0.5) is 0 Å². The van der Waals surface area contributed by atoms with Crippen molar-refractivity contribution in [2.45, 2.75) is 7.25 Å². The van der Waals surface area contributed by atoms with Gasteiger partial charge in [-0.3, -0.25) is 0 Å². The number of allylic oxidation sites excluding steroid dienone is 2. The zero-order valence-electron chi connectivity index (χ0n) is 16.5. The van der Waals surface area contributed by atoms with Crippen molar-refractivity contribution in [3.05, 3.63) is 119 Å². The predicted molar refractivity (Wildman–Crippen MR) is 112 cm³/mol. The van der Waals surface area contributed by atoms with Crippen molar-refractivity contribution in [1.29, 1.82) is 0 Å². The standard InChI is InChI=1S/2C13H9O.2BrH.Zr/c2*1-2-5-11-9-12(8-10(11)4-1)13-6-3-7-14-13;;;/h2*1-9H;2*1H;/q;;;;+2/p-2. The summed E-state index contributed by atoms with van der Waals surface area (Å²) in [6.45, 7) is 0. The topological polar surface area (TPSA) is 26.3 Å². The quantitative estimate of drug-likeness (QED) is 0.342. The number of halogens is 2. The normalized spacial score (nSPS) is 18.1. The van der Waals surface area contributed by atoms with E-state index >= 15 is 0 Å². The third-order valence-corrected chi connectivity index (χ3v) is 10.5. The van der Waals surface area contributed by atoms with E-state index in [1.807, 2.05) is 12.1 Å². The Balaban J connectivity index is 0.00000116. The molecule has 152 valence electrons. The van der Waals surface area contributed by atoms with Gasteiger partial charge in [0.05, 0.1) is 0 Å². The number of hydrogen-bond acceptors (Lipinski definition) is 2. The summed E-state index contributed by atoms with van der Waals surface area (Å²) in [5.41, 5.74) is 8.25. The summed E-state index contributed by atoms with van der Waals surface area (Å²) in [6, 6.07) is 25.8. The van der Waals surface area contributed by atoms with Gasteiger partial charge in [0, 0.05) is 0 Å². The average molecular weight is 613 g/mol. The number of rotatable bonds is 4. The van der Waals surface area contributed by atoms with Gasteiger partial charge in [-0.1, -0.05) is 0 Å². The third kappa shape index (κ3) is 3.97. The van der Waals surface area contributed by atoms with E-state index in [0.29, 0.717) is 7.25 Å². The van der Waals surface area contributed by atoms with E-state index < -0.39 is 23.2 Å². The Morgan fingerprint density at radius 3 is 1.42 bits per heavy atom. The van der Waals surface area contributed by atoms with Gasteiger partial charge in [-0.25, -0.2) is 0 Å². The molecule has 2 nitrogen and oxygen atoms in total. The number of fused-ring (bicyclic) bond motifs is 2. The maximum atomic E-state index is 5.84. The van der Waals surface area contributed by atoms with Crippen molar-refractivity contribution >= 4 is 23.3 Å². The molecule has 0 fully saturated rings. The van der Waals surface area contributed by atoms with Gasteiger partial charge in [0.15, 0.2) is 0 Å². The number of furan rings is 2. The molecule has 0 radical (unpaired) electrons. The van der Waals surface area contributed by atoms with Crippen molar-refractivity contribution in [3.63, 3.8) is 0 Å². The van der Waals surface area contributed by atoms with Crippen molar-refractivity contribution in [2.24, 2.45) is 0 Å². The van der Waals surface area contributed by atoms with Gasteiger partial charge in [0.2, 0.25) is 0 Å². The van der Waals surface area contributed by atoms with Crippen LogP contribution in [0.1, 0.15) is 41.0 Å². The second kappa shape index (κ2) is 9.44. The second-order valence-electron chi connectivity index (χ2n) is 7.44. The molecule has 2 unspecified atom stereocenters. The van der Waals surface area contributed by atoms with Crippen LogP contribution in [0.3, 0.4) is 0 Å². The number of hydrogen-bond donors (Lipinski definition) is 0. The maximum absolute atomic E-state index is 5.84. The number of benzene rings is 2. The molecule has 5 heteroatoms. The van der Waals surface area contributed by atoms with Gasteiger partial charge in [0.1, 0.15) is 0 Å². The van der Waals surface area contributed by atoms with Crippen LogP contribution < -0.4 is 34.0 Å². The van der Waals surface area contributed by atoms with Crippen LogP contribution in [-0.4, -0.2) is 0 Å². The summed E-state index contributed by atoms with van der Waals surface area (Å²) in [6.07, 6.45) is 8.22. The SMILES string of the molecule is C1=C(c2ccco2)[CH]([Zr+2][CH]2C(c3ccco3)=Cc3ccccc32)c2ccccc21.[Br-].[Br-]. The van der Waals surface area contributed by atoms with Gasteiger partial charge in [-0.2, -0.15) is 0 Å². The Morgan fingerprint density at radius 1 is 0.548 bits per heavy atom. The van der Waals surface area contributed by atoms with Gasteiger partial charge < -0.3 is 34.0 Å². The Bertz CT molecular complexity index is 1140. The minimum atomic E-state index is -1.01. The molecule has 2 aromatic carbocycles. The molecule has 2 atom stereocenters. The Kier molecular flexibility index (Phi) is 6.86. The first-order chi connectivity index (χ1) is 14.4. The molecule has 0 saturated carbocycles. The van der Waals surface area contributed by atoms with Gasteiger partial charge in [-0.05, 0) is 0 Å². The van der Waals surface area contributed by atoms with E-state index in [1.54, 1.807) is 12.5 Å². The molecule has 31 heavy (non-hydrogen) atoms. The second-order valence-corrected chi connectivity index (χ2v) is 11.1. The smallest absolute Gasteiger partial charge is 1.00 e. The van der Waals surface area contributed by atoms with Crippen LogP contribution in [0.2, 0.25) is 0 Å².